The van der Waals surface area contributed by atoms with Gasteiger partial charge in [0.05, 0.1) is 6.17 Å². The van der Waals surface area contributed by atoms with Crippen LogP contribution in [0.15, 0.2) is 0 Å². The molecule has 0 heterocycles. The average Bonchev–Trinajstić information content (AvgIpc) is 2.39. The van der Waals surface area contributed by atoms with Crippen molar-refractivity contribution in [3.63, 3.8) is 0 Å². The number of nitrogens with two attached hydrogens (primary N) is 1. The molecule has 5 heteroatoms. The van der Waals surface area contributed by atoms with E-state index in [1.165, 1.54) is 51.4 Å². The molecule has 0 aromatic rings. The van der Waals surface area contributed by atoms with Crippen LogP contribution in [-0.2, 0) is 4.79 Å². The lowest BCUT2D eigenvalue weighted by Gasteiger charge is -2.16. The minimum absolute atomic E-state index is 0. The molecule has 2 unspecified atom stereocenters. The molecule has 0 aliphatic carbocycles. The van der Waals surface area contributed by atoms with Gasteiger partial charge in [-0.1, -0.05) is 71.1 Å². The van der Waals surface area contributed by atoms with Crippen molar-refractivity contribution in [3.8, 4) is 0 Å². The molecule has 0 radical (unpaired) electrons. The molecule has 128 valence electrons. The summed E-state index contributed by atoms with van der Waals surface area (Å²) in [5.74, 6) is -0.793. The maximum absolute atomic E-state index is 11.0. The summed E-state index contributed by atoms with van der Waals surface area (Å²) in [5.41, 5.74) is 5.58. The third-order valence-electron chi connectivity index (χ3n) is 3.61. The molecule has 0 amide bonds. The lowest BCUT2D eigenvalue weighted by atomic mass is 10.0. The van der Waals surface area contributed by atoms with Crippen LogP contribution in [0.1, 0.15) is 84.5 Å². The van der Waals surface area contributed by atoms with Gasteiger partial charge < -0.3 is 10.8 Å². The third-order valence-corrected chi connectivity index (χ3v) is 3.61. The van der Waals surface area contributed by atoms with E-state index in [0.29, 0.717) is 6.42 Å². The van der Waals surface area contributed by atoms with Gasteiger partial charge in [-0.2, -0.15) is 0 Å². The second kappa shape index (κ2) is 16.1. The fourth-order valence-electron chi connectivity index (χ4n) is 2.43. The molecule has 0 saturated carbocycles. The zero-order chi connectivity index (χ0) is 15.2. The Morgan fingerprint density at radius 3 is 1.81 bits per heavy atom. The van der Waals surface area contributed by atoms with Crippen LogP contribution in [0.3, 0.4) is 0 Å². The topological polar surface area (TPSA) is 75.3 Å². The van der Waals surface area contributed by atoms with Gasteiger partial charge in [-0.05, 0) is 13.3 Å². The van der Waals surface area contributed by atoms with Crippen molar-refractivity contribution >= 4 is 18.4 Å². The van der Waals surface area contributed by atoms with E-state index in [-0.39, 0.29) is 18.6 Å². The molecule has 2 atom stereocenters. The van der Waals surface area contributed by atoms with Gasteiger partial charge in [-0.3, -0.25) is 10.1 Å². The second-order valence-corrected chi connectivity index (χ2v) is 5.82. The van der Waals surface area contributed by atoms with Crippen LogP contribution >= 0.6 is 12.4 Å². The van der Waals surface area contributed by atoms with Gasteiger partial charge in [0.15, 0.2) is 0 Å². The molecule has 0 aliphatic heterocycles. The third kappa shape index (κ3) is 15.9. The monoisotopic (exact) mass is 322 g/mol. The van der Waals surface area contributed by atoms with E-state index >= 15 is 0 Å². The van der Waals surface area contributed by atoms with Gasteiger partial charge in [0.25, 0.3) is 0 Å². The van der Waals surface area contributed by atoms with E-state index in [1.807, 2.05) is 0 Å². The van der Waals surface area contributed by atoms with Crippen molar-refractivity contribution in [1.82, 2.24) is 5.32 Å². The molecule has 0 fully saturated rings. The number of carbonyl (C=O) groups is 1. The molecule has 0 spiro atoms. The van der Waals surface area contributed by atoms with Gasteiger partial charge in [0.2, 0.25) is 0 Å². The Kier molecular flexibility index (Phi) is 17.6. The molecule has 0 saturated heterocycles. The number of carboxylic acid groups (broad SMARTS) is 1. The summed E-state index contributed by atoms with van der Waals surface area (Å²) in [6.45, 7) is 4.01. The van der Waals surface area contributed by atoms with Crippen LogP contribution in [0.2, 0.25) is 0 Å². The van der Waals surface area contributed by atoms with Crippen molar-refractivity contribution in [2.24, 2.45) is 5.73 Å². The van der Waals surface area contributed by atoms with Gasteiger partial charge in [0, 0.05) is 0 Å². The lowest BCUT2D eigenvalue weighted by molar-refractivity contribution is -0.139. The molecule has 0 bridgehead atoms. The van der Waals surface area contributed by atoms with Gasteiger partial charge in [-0.15, -0.1) is 12.4 Å². The van der Waals surface area contributed by atoms with Crippen LogP contribution < -0.4 is 11.1 Å². The van der Waals surface area contributed by atoms with Crippen molar-refractivity contribution < 1.29 is 9.90 Å². The van der Waals surface area contributed by atoms with Crippen LogP contribution in [0.25, 0.3) is 0 Å². The van der Waals surface area contributed by atoms with E-state index in [2.05, 4.69) is 12.2 Å². The van der Waals surface area contributed by atoms with Crippen LogP contribution in [-0.4, -0.2) is 23.3 Å². The first-order valence-corrected chi connectivity index (χ1v) is 8.32. The molecule has 21 heavy (non-hydrogen) atoms. The number of unbranched alkanes of at least 4 members (excludes halogenated alkanes) is 9. The summed E-state index contributed by atoms with van der Waals surface area (Å²) in [5, 5.41) is 11.9. The first kappa shape index (κ1) is 23.0. The summed E-state index contributed by atoms with van der Waals surface area (Å²) >= 11 is 0. The zero-order valence-electron chi connectivity index (χ0n) is 13.8. The zero-order valence-corrected chi connectivity index (χ0v) is 14.6. The van der Waals surface area contributed by atoms with E-state index in [1.54, 1.807) is 6.92 Å². The number of rotatable bonds is 14. The van der Waals surface area contributed by atoms with Crippen molar-refractivity contribution in [2.45, 2.75) is 96.7 Å². The summed E-state index contributed by atoms with van der Waals surface area (Å²) in [6, 6.07) is -0.496. The van der Waals surface area contributed by atoms with E-state index in [9.17, 15) is 4.79 Å². The summed E-state index contributed by atoms with van der Waals surface area (Å²) in [7, 11) is 0. The van der Waals surface area contributed by atoms with Gasteiger partial charge >= 0.3 is 5.97 Å². The summed E-state index contributed by atoms with van der Waals surface area (Å²) in [6.07, 6.45) is 13.1. The van der Waals surface area contributed by atoms with Crippen LogP contribution in [0, 0.1) is 0 Å². The second-order valence-electron chi connectivity index (χ2n) is 5.82. The highest BCUT2D eigenvalue weighted by Crippen LogP contribution is 2.12. The molecule has 4 N–H and O–H groups in total. The van der Waals surface area contributed by atoms with Crippen molar-refractivity contribution in [2.75, 3.05) is 0 Å². The minimum atomic E-state index is -0.793. The smallest absolute Gasteiger partial charge is 0.320 e. The number of hydrogen-bond acceptors (Lipinski definition) is 3. The number of nitrogens with one attached hydrogen (secondary N) is 1. The Bertz CT molecular complexity index is 238. The Labute approximate surface area is 136 Å². The van der Waals surface area contributed by atoms with E-state index < -0.39 is 12.0 Å². The normalized spacial score (nSPS) is 13.5. The molecule has 0 rings (SSSR count). The van der Waals surface area contributed by atoms with Crippen molar-refractivity contribution in [3.05, 3.63) is 0 Å². The maximum Gasteiger partial charge on any atom is 0.320 e. The van der Waals surface area contributed by atoms with Crippen LogP contribution in [0.5, 0.6) is 0 Å². The van der Waals surface area contributed by atoms with Crippen LogP contribution in [0.4, 0.5) is 0 Å². The molecule has 0 aliphatic rings. The quantitative estimate of drug-likeness (QED) is 0.333. The molecular weight excluding hydrogens is 288 g/mol. The molecule has 0 aromatic heterocycles. The Morgan fingerprint density at radius 2 is 1.43 bits per heavy atom. The number of aliphatic carboxylic acids is 1. The first-order valence-electron chi connectivity index (χ1n) is 8.32. The number of hydrogen-bond donors (Lipinski definition) is 3. The summed E-state index contributed by atoms with van der Waals surface area (Å²) in [4.78, 5) is 11.0. The molecule has 0 aromatic carbocycles. The standard InChI is InChI=1S/C16H34N2O2.ClH/c1-3-4-5-6-7-8-9-10-11-12-13-15(16(19)20)18-14(2)17;/h14-15,18H,3-13,17H2,1-2H3,(H,19,20);1H. The largest absolute Gasteiger partial charge is 0.480 e. The van der Waals surface area contributed by atoms with E-state index in [0.717, 1.165) is 12.8 Å². The lowest BCUT2D eigenvalue weighted by Crippen LogP contribution is -2.46. The predicted molar refractivity (Wildman–Crippen MR) is 91.9 cm³/mol. The average molecular weight is 323 g/mol. The minimum Gasteiger partial charge on any atom is -0.480 e. The summed E-state index contributed by atoms with van der Waals surface area (Å²) < 4.78 is 0. The van der Waals surface area contributed by atoms with Gasteiger partial charge in [-0.25, -0.2) is 0 Å². The fourth-order valence-corrected chi connectivity index (χ4v) is 2.43. The highest BCUT2D eigenvalue weighted by atomic mass is 35.5. The van der Waals surface area contributed by atoms with E-state index in [4.69, 9.17) is 10.8 Å². The first-order chi connectivity index (χ1) is 9.57. The number of carboxylic acids is 1. The highest BCUT2D eigenvalue weighted by molar-refractivity contribution is 5.85. The SMILES string of the molecule is CCCCCCCCCCCCC(NC(C)N)C(=O)O.Cl. The molecular formula is C16H35ClN2O2. The maximum atomic E-state index is 11.0. The highest BCUT2D eigenvalue weighted by Gasteiger charge is 2.17. The van der Waals surface area contributed by atoms with Gasteiger partial charge in [0.1, 0.15) is 6.04 Å². The predicted octanol–water partition coefficient (Wildman–Crippen LogP) is 4.07. The fraction of sp³-hybridized carbons (Fsp3) is 0.938. The Balaban J connectivity index is 0. The van der Waals surface area contributed by atoms with Crippen molar-refractivity contribution in [1.29, 1.82) is 0 Å². The number of halogens is 1. The Morgan fingerprint density at radius 1 is 1.00 bits per heavy atom. The Hall–Kier alpha value is -0.320. The molecule has 4 nitrogen and oxygen atoms in total.